The molecule has 3 nitrogen and oxygen atoms in total. The number of nitrogens with one attached hydrogen (secondary N) is 1. The number of likely N-dealkylation sites (N-methyl/N-ethyl adjacent to an activating group) is 1. The highest BCUT2D eigenvalue weighted by molar-refractivity contribution is 4.89. The van der Waals surface area contributed by atoms with Gasteiger partial charge in [0, 0.05) is 31.2 Å². The van der Waals surface area contributed by atoms with E-state index >= 15 is 0 Å². The molecule has 1 saturated heterocycles. The topological polar surface area (TPSA) is 18.5 Å². The molecule has 1 saturated carbocycles. The highest BCUT2D eigenvalue weighted by Gasteiger charge is 2.32. The number of piperazine rings is 1. The minimum atomic E-state index is 0.341. The first-order valence-electron chi connectivity index (χ1n) is 8.70. The third-order valence-electron chi connectivity index (χ3n) is 5.53. The molecule has 0 amide bonds. The van der Waals surface area contributed by atoms with Gasteiger partial charge in [-0.2, -0.15) is 0 Å². The van der Waals surface area contributed by atoms with E-state index < -0.39 is 0 Å². The van der Waals surface area contributed by atoms with E-state index in [0.717, 1.165) is 12.0 Å². The van der Waals surface area contributed by atoms with Crippen molar-refractivity contribution < 1.29 is 0 Å². The summed E-state index contributed by atoms with van der Waals surface area (Å²) in [7, 11) is 2.26. The second-order valence-corrected chi connectivity index (χ2v) is 7.55. The molecule has 0 aromatic rings. The van der Waals surface area contributed by atoms with Crippen LogP contribution < -0.4 is 5.32 Å². The molecular formula is C17H35N3. The Labute approximate surface area is 126 Å². The van der Waals surface area contributed by atoms with E-state index in [9.17, 15) is 0 Å². The monoisotopic (exact) mass is 281 g/mol. The molecule has 2 fully saturated rings. The molecule has 0 aromatic heterocycles. The van der Waals surface area contributed by atoms with Crippen LogP contribution in [0.25, 0.3) is 0 Å². The van der Waals surface area contributed by atoms with Gasteiger partial charge in [-0.15, -0.1) is 0 Å². The van der Waals surface area contributed by atoms with Crippen molar-refractivity contribution in [1.29, 1.82) is 0 Å². The molecule has 0 aromatic carbocycles. The first kappa shape index (κ1) is 16.3. The fraction of sp³-hybridized carbons (Fsp3) is 1.00. The zero-order chi connectivity index (χ0) is 14.6. The van der Waals surface area contributed by atoms with Gasteiger partial charge in [-0.05, 0) is 65.6 Å². The van der Waals surface area contributed by atoms with Crippen LogP contribution in [-0.4, -0.2) is 61.2 Å². The molecule has 1 heterocycles. The van der Waals surface area contributed by atoms with Gasteiger partial charge in [-0.3, -0.25) is 4.90 Å². The fourth-order valence-corrected chi connectivity index (χ4v) is 3.86. The van der Waals surface area contributed by atoms with Crippen molar-refractivity contribution in [3.63, 3.8) is 0 Å². The maximum Gasteiger partial charge on any atom is 0.0277 e. The summed E-state index contributed by atoms with van der Waals surface area (Å²) in [5.41, 5.74) is 0.341. The molecule has 2 atom stereocenters. The summed E-state index contributed by atoms with van der Waals surface area (Å²) in [6.07, 6.45) is 6.93. The Morgan fingerprint density at radius 1 is 1.20 bits per heavy atom. The van der Waals surface area contributed by atoms with Crippen LogP contribution in [0.5, 0.6) is 0 Å². The van der Waals surface area contributed by atoms with E-state index in [1.165, 1.54) is 64.8 Å². The Morgan fingerprint density at radius 2 is 2.00 bits per heavy atom. The lowest BCUT2D eigenvalue weighted by Gasteiger charge is -2.45. The quantitative estimate of drug-likeness (QED) is 0.807. The largest absolute Gasteiger partial charge is 0.314 e. The molecular weight excluding hydrogens is 246 g/mol. The van der Waals surface area contributed by atoms with Crippen molar-refractivity contribution in [2.24, 2.45) is 5.92 Å². The van der Waals surface area contributed by atoms with Crippen LogP contribution in [0.2, 0.25) is 0 Å². The van der Waals surface area contributed by atoms with Crippen LogP contribution in [0.3, 0.4) is 0 Å². The van der Waals surface area contributed by atoms with Crippen molar-refractivity contribution >= 4 is 0 Å². The van der Waals surface area contributed by atoms with Crippen LogP contribution in [-0.2, 0) is 0 Å². The molecule has 0 radical (unpaired) electrons. The van der Waals surface area contributed by atoms with Crippen LogP contribution >= 0.6 is 0 Å². The van der Waals surface area contributed by atoms with Crippen molar-refractivity contribution in [1.82, 2.24) is 15.1 Å². The average Bonchev–Trinajstić information content (AvgIpc) is 2.85. The zero-order valence-corrected chi connectivity index (χ0v) is 14.1. The number of hydrogen-bond acceptors (Lipinski definition) is 3. The Kier molecular flexibility index (Phi) is 5.88. The molecule has 1 aliphatic heterocycles. The molecule has 3 heteroatoms. The second kappa shape index (κ2) is 7.24. The Bertz CT molecular complexity index is 290. The summed E-state index contributed by atoms with van der Waals surface area (Å²) >= 11 is 0. The Balaban J connectivity index is 1.74. The fourth-order valence-electron chi connectivity index (χ4n) is 3.86. The van der Waals surface area contributed by atoms with Gasteiger partial charge in [0.1, 0.15) is 0 Å². The SMILES string of the molecule is CCCNC1CCCC1CCN1CCN(C)C(C)(C)C1. The zero-order valence-electron chi connectivity index (χ0n) is 14.1. The molecule has 1 N–H and O–H groups in total. The third-order valence-corrected chi connectivity index (χ3v) is 5.53. The van der Waals surface area contributed by atoms with Crippen LogP contribution in [0.1, 0.15) is 52.9 Å². The summed E-state index contributed by atoms with van der Waals surface area (Å²) in [5, 5.41) is 3.77. The molecule has 2 rings (SSSR count). The normalized spacial score (nSPS) is 31.8. The average molecular weight is 281 g/mol. The molecule has 118 valence electrons. The lowest BCUT2D eigenvalue weighted by molar-refractivity contribution is 0.0368. The van der Waals surface area contributed by atoms with Gasteiger partial charge in [0.2, 0.25) is 0 Å². The Hall–Kier alpha value is -0.120. The summed E-state index contributed by atoms with van der Waals surface area (Å²) in [6, 6.07) is 0.801. The molecule has 20 heavy (non-hydrogen) atoms. The van der Waals surface area contributed by atoms with Crippen LogP contribution in [0.15, 0.2) is 0 Å². The first-order chi connectivity index (χ1) is 9.53. The van der Waals surface area contributed by atoms with Gasteiger partial charge in [-0.25, -0.2) is 0 Å². The molecule has 1 aliphatic carbocycles. The van der Waals surface area contributed by atoms with E-state index in [1.807, 2.05) is 0 Å². The number of nitrogens with zero attached hydrogens (tertiary/aromatic N) is 2. The highest BCUT2D eigenvalue weighted by Crippen LogP contribution is 2.29. The lowest BCUT2D eigenvalue weighted by Crippen LogP contribution is -2.57. The van der Waals surface area contributed by atoms with E-state index in [1.54, 1.807) is 0 Å². The summed E-state index contributed by atoms with van der Waals surface area (Å²) < 4.78 is 0. The molecule has 2 aliphatic rings. The van der Waals surface area contributed by atoms with E-state index in [2.05, 4.69) is 42.9 Å². The van der Waals surface area contributed by atoms with Crippen molar-refractivity contribution in [3.05, 3.63) is 0 Å². The Morgan fingerprint density at radius 3 is 2.70 bits per heavy atom. The van der Waals surface area contributed by atoms with Gasteiger partial charge >= 0.3 is 0 Å². The van der Waals surface area contributed by atoms with E-state index in [0.29, 0.717) is 5.54 Å². The molecule has 0 bridgehead atoms. The van der Waals surface area contributed by atoms with Crippen LogP contribution in [0.4, 0.5) is 0 Å². The summed E-state index contributed by atoms with van der Waals surface area (Å²) in [5.74, 6) is 0.921. The minimum absolute atomic E-state index is 0.341. The number of rotatable bonds is 6. The van der Waals surface area contributed by atoms with Crippen molar-refractivity contribution in [3.8, 4) is 0 Å². The standard InChI is InChI=1S/C17H35N3/c1-5-10-18-16-8-6-7-15(16)9-11-20-13-12-19(4)17(2,3)14-20/h15-16,18H,5-14H2,1-4H3. The van der Waals surface area contributed by atoms with Gasteiger partial charge in [0.15, 0.2) is 0 Å². The van der Waals surface area contributed by atoms with Gasteiger partial charge < -0.3 is 10.2 Å². The second-order valence-electron chi connectivity index (χ2n) is 7.55. The van der Waals surface area contributed by atoms with Gasteiger partial charge in [-0.1, -0.05) is 13.3 Å². The van der Waals surface area contributed by atoms with Crippen molar-refractivity contribution in [2.75, 3.05) is 39.8 Å². The highest BCUT2D eigenvalue weighted by atomic mass is 15.3. The minimum Gasteiger partial charge on any atom is -0.314 e. The third kappa shape index (κ3) is 4.19. The van der Waals surface area contributed by atoms with E-state index in [-0.39, 0.29) is 0 Å². The predicted molar refractivity (Wildman–Crippen MR) is 87.2 cm³/mol. The lowest BCUT2D eigenvalue weighted by atomic mass is 9.96. The molecule has 0 spiro atoms. The number of hydrogen-bond donors (Lipinski definition) is 1. The van der Waals surface area contributed by atoms with Gasteiger partial charge in [0.25, 0.3) is 0 Å². The van der Waals surface area contributed by atoms with Gasteiger partial charge in [0.05, 0.1) is 0 Å². The van der Waals surface area contributed by atoms with Crippen LogP contribution in [0, 0.1) is 5.92 Å². The van der Waals surface area contributed by atoms with E-state index in [4.69, 9.17) is 0 Å². The van der Waals surface area contributed by atoms with Crippen molar-refractivity contribution in [2.45, 2.75) is 64.5 Å². The smallest absolute Gasteiger partial charge is 0.0277 e. The predicted octanol–water partition coefficient (Wildman–Crippen LogP) is 2.57. The first-order valence-corrected chi connectivity index (χ1v) is 8.70. The maximum absolute atomic E-state index is 3.77. The maximum atomic E-state index is 3.77. The summed E-state index contributed by atoms with van der Waals surface area (Å²) in [6.45, 7) is 13.2. The summed E-state index contributed by atoms with van der Waals surface area (Å²) in [4.78, 5) is 5.19. The molecule has 2 unspecified atom stereocenters.